The summed E-state index contributed by atoms with van der Waals surface area (Å²) in [5, 5.41) is 6.97. The molecule has 2 aromatic carbocycles. The van der Waals surface area contributed by atoms with E-state index in [1.54, 1.807) is 0 Å². The van der Waals surface area contributed by atoms with Crippen molar-refractivity contribution in [3.05, 3.63) is 71.8 Å². The number of piperazine rings is 1. The molecule has 5 nitrogen and oxygen atoms in total. The summed E-state index contributed by atoms with van der Waals surface area (Å²) in [4.78, 5) is 10.0. The van der Waals surface area contributed by atoms with Gasteiger partial charge >= 0.3 is 0 Å². The van der Waals surface area contributed by atoms with Gasteiger partial charge in [-0.15, -0.1) is 0 Å². The maximum Gasteiger partial charge on any atom is 0.191 e. The maximum absolute atomic E-state index is 4.96. The third-order valence-corrected chi connectivity index (χ3v) is 6.04. The van der Waals surface area contributed by atoms with E-state index in [9.17, 15) is 0 Å². The minimum Gasteiger partial charge on any atom is -0.357 e. The molecule has 1 atom stereocenters. The first kappa shape index (κ1) is 23.3. The van der Waals surface area contributed by atoms with Gasteiger partial charge in [0.25, 0.3) is 0 Å². The number of benzene rings is 2. The third-order valence-electron chi connectivity index (χ3n) is 6.04. The maximum atomic E-state index is 4.96. The van der Waals surface area contributed by atoms with Gasteiger partial charge in [0.2, 0.25) is 0 Å². The molecular formula is C26H39N5. The number of aliphatic imine (C=N–C) groups is 1. The largest absolute Gasteiger partial charge is 0.357 e. The zero-order valence-electron chi connectivity index (χ0n) is 19.3. The van der Waals surface area contributed by atoms with E-state index in [1.807, 2.05) is 0 Å². The van der Waals surface area contributed by atoms with Crippen LogP contribution in [0.3, 0.4) is 0 Å². The number of hydrogen-bond acceptors (Lipinski definition) is 3. The molecule has 0 spiro atoms. The average Bonchev–Trinajstić information content (AvgIpc) is 2.83. The number of guanidine groups is 1. The predicted octanol–water partition coefficient (Wildman–Crippen LogP) is 3.21. The normalized spacial score (nSPS) is 16.8. The van der Waals surface area contributed by atoms with Gasteiger partial charge in [-0.05, 0) is 31.0 Å². The van der Waals surface area contributed by atoms with Crippen molar-refractivity contribution in [1.82, 2.24) is 20.4 Å². The molecule has 1 fully saturated rings. The summed E-state index contributed by atoms with van der Waals surface area (Å²) in [5.41, 5.74) is 2.70. The molecule has 3 rings (SSSR count). The predicted molar refractivity (Wildman–Crippen MR) is 132 cm³/mol. The Balaban J connectivity index is 1.56. The fourth-order valence-corrected chi connectivity index (χ4v) is 4.12. The van der Waals surface area contributed by atoms with Crippen molar-refractivity contribution in [2.45, 2.75) is 26.2 Å². The summed E-state index contributed by atoms with van der Waals surface area (Å²) >= 11 is 0. The molecule has 0 amide bonds. The summed E-state index contributed by atoms with van der Waals surface area (Å²) in [7, 11) is 0. The topological polar surface area (TPSA) is 42.9 Å². The van der Waals surface area contributed by atoms with E-state index in [0.29, 0.717) is 5.92 Å². The quantitative estimate of drug-likeness (QED) is 0.457. The smallest absolute Gasteiger partial charge is 0.191 e. The molecule has 5 heteroatoms. The van der Waals surface area contributed by atoms with Gasteiger partial charge in [-0.25, -0.2) is 0 Å². The van der Waals surface area contributed by atoms with Crippen LogP contribution in [0.1, 0.15) is 30.9 Å². The van der Waals surface area contributed by atoms with Crippen LogP contribution in [0.25, 0.3) is 0 Å². The lowest BCUT2D eigenvalue weighted by atomic mass is 9.92. The Labute approximate surface area is 188 Å². The highest BCUT2D eigenvalue weighted by atomic mass is 15.3. The van der Waals surface area contributed by atoms with Gasteiger partial charge < -0.3 is 15.5 Å². The van der Waals surface area contributed by atoms with Crippen LogP contribution < -0.4 is 10.6 Å². The van der Waals surface area contributed by atoms with Crippen LogP contribution in [0, 0.1) is 0 Å². The van der Waals surface area contributed by atoms with Gasteiger partial charge in [-0.2, -0.15) is 0 Å². The monoisotopic (exact) mass is 421 g/mol. The Morgan fingerprint density at radius 2 is 1.52 bits per heavy atom. The van der Waals surface area contributed by atoms with Crippen molar-refractivity contribution in [2.75, 3.05) is 58.9 Å². The molecular weight excluding hydrogens is 382 g/mol. The van der Waals surface area contributed by atoms with Crippen molar-refractivity contribution in [1.29, 1.82) is 0 Å². The first-order valence-corrected chi connectivity index (χ1v) is 11.8. The highest BCUT2D eigenvalue weighted by Gasteiger charge is 2.15. The fraction of sp³-hybridized carbons (Fsp3) is 0.500. The highest BCUT2D eigenvalue weighted by molar-refractivity contribution is 5.79. The number of rotatable bonds is 10. The van der Waals surface area contributed by atoms with Crippen molar-refractivity contribution >= 4 is 5.96 Å². The summed E-state index contributed by atoms with van der Waals surface area (Å²) in [6, 6.07) is 21.5. The molecule has 1 aliphatic rings. The second-order valence-corrected chi connectivity index (χ2v) is 8.22. The lowest BCUT2D eigenvalue weighted by Crippen LogP contribution is -2.49. The van der Waals surface area contributed by atoms with Gasteiger partial charge in [-0.1, -0.05) is 67.6 Å². The van der Waals surface area contributed by atoms with Crippen LogP contribution in [0.4, 0.5) is 0 Å². The lowest BCUT2D eigenvalue weighted by Gasteiger charge is -2.34. The molecule has 1 heterocycles. The fourth-order valence-electron chi connectivity index (χ4n) is 4.12. The van der Waals surface area contributed by atoms with E-state index < -0.39 is 0 Å². The molecule has 0 saturated carbocycles. The molecule has 1 unspecified atom stereocenters. The minimum absolute atomic E-state index is 0.362. The second kappa shape index (κ2) is 13.1. The molecule has 0 aromatic heterocycles. The lowest BCUT2D eigenvalue weighted by molar-refractivity contribution is 0.139. The third kappa shape index (κ3) is 8.00. The van der Waals surface area contributed by atoms with Crippen molar-refractivity contribution in [2.24, 2.45) is 4.99 Å². The summed E-state index contributed by atoms with van der Waals surface area (Å²) in [6.45, 7) is 13.9. The molecule has 1 saturated heterocycles. The van der Waals surface area contributed by atoms with E-state index in [1.165, 1.54) is 24.2 Å². The van der Waals surface area contributed by atoms with Crippen LogP contribution in [0.5, 0.6) is 0 Å². The van der Waals surface area contributed by atoms with Gasteiger partial charge in [0.1, 0.15) is 0 Å². The zero-order valence-corrected chi connectivity index (χ0v) is 19.3. The number of nitrogens with one attached hydrogen (secondary N) is 2. The Hall–Kier alpha value is -2.37. The van der Waals surface area contributed by atoms with E-state index >= 15 is 0 Å². The molecule has 0 radical (unpaired) electrons. The van der Waals surface area contributed by atoms with E-state index in [2.05, 4.69) is 94.9 Å². The average molecular weight is 422 g/mol. The Kier molecular flexibility index (Phi) is 9.87. The van der Waals surface area contributed by atoms with Crippen LogP contribution >= 0.6 is 0 Å². The minimum atomic E-state index is 0.362. The summed E-state index contributed by atoms with van der Waals surface area (Å²) < 4.78 is 0. The second-order valence-electron chi connectivity index (χ2n) is 8.22. The van der Waals surface area contributed by atoms with E-state index in [-0.39, 0.29) is 0 Å². The van der Waals surface area contributed by atoms with E-state index in [0.717, 1.165) is 58.2 Å². The van der Waals surface area contributed by atoms with Crippen molar-refractivity contribution < 1.29 is 0 Å². The van der Waals surface area contributed by atoms with Crippen molar-refractivity contribution in [3.8, 4) is 0 Å². The molecule has 2 aromatic rings. The van der Waals surface area contributed by atoms with Gasteiger partial charge in [-0.3, -0.25) is 9.89 Å². The van der Waals surface area contributed by atoms with Crippen molar-refractivity contribution in [3.63, 3.8) is 0 Å². The van der Waals surface area contributed by atoms with Crippen LogP contribution in [0.15, 0.2) is 65.7 Å². The molecule has 0 aliphatic carbocycles. The molecule has 0 bridgehead atoms. The summed E-state index contributed by atoms with van der Waals surface area (Å²) in [5.74, 6) is 1.28. The van der Waals surface area contributed by atoms with Crippen LogP contribution in [0.2, 0.25) is 0 Å². The van der Waals surface area contributed by atoms with Gasteiger partial charge in [0.05, 0.1) is 0 Å². The molecule has 168 valence electrons. The Morgan fingerprint density at radius 3 is 2.16 bits per heavy atom. The van der Waals surface area contributed by atoms with E-state index in [4.69, 9.17) is 4.99 Å². The first-order valence-electron chi connectivity index (χ1n) is 11.8. The molecule has 1 aliphatic heterocycles. The van der Waals surface area contributed by atoms with Gasteiger partial charge in [0, 0.05) is 58.3 Å². The summed E-state index contributed by atoms with van der Waals surface area (Å²) in [6.07, 6.45) is 0.996. The first-order chi connectivity index (χ1) is 15.3. The number of likely N-dealkylation sites (N-methyl/N-ethyl adjacent to an activating group) is 1. The highest BCUT2D eigenvalue weighted by Crippen LogP contribution is 2.21. The SMILES string of the molecule is CCNC(=NCC(Cc1ccccc1)c1ccccc1)NCCN1CCN(CC)CC1. The Bertz CT molecular complexity index is 754. The number of nitrogens with zero attached hydrogens (tertiary/aromatic N) is 3. The van der Waals surface area contributed by atoms with Gasteiger partial charge in [0.15, 0.2) is 5.96 Å². The Morgan fingerprint density at radius 1 is 0.871 bits per heavy atom. The zero-order chi connectivity index (χ0) is 21.7. The molecule has 2 N–H and O–H groups in total. The van der Waals surface area contributed by atoms with Crippen LogP contribution in [-0.4, -0.2) is 74.7 Å². The van der Waals surface area contributed by atoms with Crippen LogP contribution in [-0.2, 0) is 6.42 Å². The molecule has 31 heavy (non-hydrogen) atoms. The number of hydrogen-bond donors (Lipinski definition) is 2. The standard InChI is InChI=1S/C26H39N5/c1-3-27-26(28-15-16-31-19-17-30(4-2)18-20-31)29-22-25(24-13-9-6-10-14-24)21-23-11-7-5-8-12-23/h5-14,25H,3-4,15-22H2,1-2H3,(H2,27,28,29).